The lowest BCUT2D eigenvalue weighted by Crippen LogP contribution is -2.52. The topological polar surface area (TPSA) is 46.2 Å². The Balaban J connectivity index is 2.14. The summed E-state index contributed by atoms with van der Waals surface area (Å²) in [6.07, 6.45) is 5.28. The summed E-state index contributed by atoms with van der Waals surface area (Å²) in [6.45, 7) is 2.17. The van der Waals surface area contributed by atoms with E-state index >= 15 is 0 Å². The van der Waals surface area contributed by atoms with Crippen LogP contribution in [0.15, 0.2) is 0 Å². The number of rotatable bonds is 0. The fourth-order valence-corrected chi connectivity index (χ4v) is 3.10. The highest BCUT2D eigenvalue weighted by molar-refractivity contribution is 4.98. The molecule has 4 atom stereocenters. The van der Waals surface area contributed by atoms with Crippen molar-refractivity contribution in [1.29, 1.82) is 0 Å². The monoisotopic (exact) mass is 169 g/mol. The van der Waals surface area contributed by atoms with Crippen LogP contribution < -0.4 is 5.73 Å². The first-order valence-electron chi connectivity index (χ1n) is 5.09. The Labute approximate surface area is 74.1 Å². The van der Waals surface area contributed by atoms with E-state index in [1.165, 1.54) is 12.8 Å². The second-order valence-corrected chi connectivity index (χ2v) is 4.84. The van der Waals surface area contributed by atoms with Gasteiger partial charge in [-0.3, -0.25) is 0 Å². The molecule has 0 aliphatic heterocycles. The summed E-state index contributed by atoms with van der Waals surface area (Å²) in [7, 11) is 0. The maximum Gasteiger partial charge on any atom is 0.0654 e. The standard InChI is InChI=1S/C10H19NO/c1-7-5-10(12)4-2-3-8(6-10)9(7)11/h7-9,12H,2-6,11H2,1H3/t7?,8?,9-,10-/m0/s1. The summed E-state index contributed by atoms with van der Waals surface area (Å²) in [6, 6.07) is 0.338. The second kappa shape index (κ2) is 2.71. The van der Waals surface area contributed by atoms with Crippen LogP contribution in [0.4, 0.5) is 0 Å². The minimum atomic E-state index is -0.349. The van der Waals surface area contributed by atoms with E-state index in [1.807, 2.05) is 0 Å². The van der Waals surface area contributed by atoms with Crippen molar-refractivity contribution < 1.29 is 5.11 Å². The number of hydrogen-bond acceptors (Lipinski definition) is 2. The van der Waals surface area contributed by atoms with Gasteiger partial charge in [0, 0.05) is 6.04 Å². The maximum atomic E-state index is 10.1. The van der Waals surface area contributed by atoms with Gasteiger partial charge in [-0.2, -0.15) is 0 Å². The Hall–Kier alpha value is -0.0800. The van der Waals surface area contributed by atoms with Crippen LogP contribution in [0.25, 0.3) is 0 Å². The summed E-state index contributed by atoms with van der Waals surface area (Å²) < 4.78 is 0. The molecule has 2 aliphatic carbocycles. The van der Waals surface area contributed by atoms with E-state index < -0.39 is 0 Å². The number of nitrogens with two attached hydrogens (primary N) is 1. The molecule has 0 aromatic carbocycles. The molecule has 2 heteroatoms. The fourth-order valence-electron chi connectivity index (χ4n) is 3.10. The Morgan fingerprint density at radius 1 is 1.42 bits per heavy atom. The smallest absolute Gasteiger partial charge is 0.0654 e. The zero-order valence-electron chi connectivity index (χ0n) is 7.79. The molecule has 2 rings (SSSR count). The van der Waals surface area contributed by atoms with Crippen molar-refractivity contribution >= 4 is 0 Å². The third-order valence-corrected chi connectivity index (χ3v) is 3.76. The van der Waals surface area contributed by atoms with E-state index in [4.69, 9.17) is 5.73 Å². The number of fused-ring (bicyclic) bond motifs is 2. The van der Waals surface area contributed by atoms with E-state index in [0.717, 1.165) is 19.3 Å². The molecule has 0 radical (unpaired) electrons. The van der Waals surface area contributed by atoms with Gasteiger partial charge in [0.15, 0.2) is 0 Å². The number of hydrogen-bond donors (Lipinski definition) is 2. The molecule has 70 valence electrons. The van der Waals surface area contributed by atoms with Crippen LogP contribution in [-0.4, -0.2) is 16.7 Å². The van der Waals surface area contributed by atoms with Gasteiger partial charge in [0.1, 0.15) is 0 Å². The first-order valence-corrected chi connectivity index (χ1v) is 5.09. The largest absolute Gasteiger partial charge is 0.390 e. The average Bonchev–Trinajstić information content (AvgIpc) is 2.00. The first-order chi connectivity index (χ1) is 5.61. The Kier molecular flexibility index (Phi) is 1.92. The second-order valence-electron chi connectivity index (χ2n) is 4.84. The Bertz CT molecular complexity index is 179. The summed E-state index contributed by atoms with van der Waals surface area (Å²) in [5.41, 5.74) is 5.73. The van der Waals surface area contributed by atoms with Crippen molar-refractivity contribution in [3.63, 3.8) is 0 Å². The highest BCUT2D eigenvalue weighted by Crippen LogP contribution is 2.44. The van der Waals surface area contributed by atoms with Crippen LogP contribution >= 0.6 is 0 Å². The van der Waals surface area contributed by atoms with E-state index in [1.54, 1.807) is 0 Å². The molecule has 0 heterocycles. The molecule has 0 saturated heterocycles. The minimum Gasteiger partial charge on any atom is -0.390 e. The predicted octanol–water partition coefficient (Wildman–Crippen LogP) is 1.27. The van der Waals surface area contributed by atoms with Gasteiger partial charge in [0.2, 0.25) is 0 Å². The maximum absolute atomic E-state index is 10.1. The molecule has 0 spiro atoms. The summed E-state index contributed by atoms with van der Waals surface area (Å²) in [4.78, 5) is 0. The lowest BCUT2D eigenvalue weighted by Gasteiger charge is -2.47. The van der Waals surface area contributed by atoms with Gasteiger partial charge in [0.25, 0.3) is 0 Å². The third-order valence-electron chi connectivity index (χ3n) is 3.76. The molecule has 3 N–H and O–H groups in total. The molecule has 0 amide bonds. The molecule has 2 unspecified atom stereocenters. The molecule has 2 bridgehead atoms. The lowest BCUT2D eigenvalue weighted by atomic mass is 9.63. The molecule has 0 aromatic heterocycles. The fraction of sp³-hybridized carbons (Fsp3) is 1.00. The molecular weight excluding hydrogens is 150 g/mol. The van der Waals surface area contributed by atoms with Crippen LogP contribution in [0.1, 0.15) is 39.0 Å². The van der Waals surface area contributed by atoms with Crippen molar-refractivity contribution in [3.05, 3.63) is 0 Å². The van der Waals surface area contributed by atoms with Crippen molar-refractivity contribution in [3.8, 4) is 0 Å². The van der Waals surface area contributed by atoms with E-state index in [2.05, 4.69) is 6.92 Å². The zero-order chi connectivity index (χ0) is 8.77. The highest BCUT2D eigenvalue weighted by Gasteiger charge is 2.44. The van der Waals surface area contributed by atoms with Gasteiger partial charge < -0.3 is 10.8 Å². The van der Waals surface area contributed by atoms with E-state index in [0.29, 0.717) is 17.9 Å². The first kappa shape index (κ1) is 8.52. The van der Waals surface area contributed by atoms with Gasteiger partial charge in [0.05, 0.1) is 5.60 Å². The molecule has 2 aliphatic rings. The van der Waals surface area contributed by atoms with Crippen LogP contribution in [0.5, 0.6) is 0 Å². The van der Waals surface area contributed by atoms with Gasteiger partial charge in [-0.05, 0) is 37.5 Å². The Morgan fingerprint density at radius 3 is 2.92 bits per heavy atom. The van der Waals surface area contributed by atoms with Crippen molar-refractivity contribution in [2.24, 2.45) is 17.6 Å². The summed E-state index contributed by atoms with van der Waals surface area (Å²) >= 11 is 0. The van der Waals surface area contributed by atoms with E-state index in [-0.39, 0.29) is 5.60 Å². The lowest BCUT2D eigenvalue weighted by molar-refractivity contribution is -0.0719. The van der Waals surface area contributed by atoms with Crippen LogP contribution in [0, 0.1) is 11.8 Å². The van der Waals surface area contributed by atoms with Crippen LogP contribution in [0.3, 0.4) is 0 Å². The van der Waals surface area contributed by atoms with Crippen molar-refractivity contribution in [1.82, 2.24) is 0 Å². The van der Waals surface area contributed by atoms with Crippen LogP contribution in [0.2, 0.25) is 0 Å². The quantitative estimate of drug-likeness (QED) is 0.573. The van der Waals surface area contributed by atoms with Crippen molar-refractivity contribution in [2.45, 2.75) is 50.7 Å². The number of aliphatic hydroxyl groups is 1. The molecule has 2 fully saturated rings. The van der Waals surface area contributed by atoms with Gasteiger partial charge in [-0.15, -0.1) is 0 Å². The van der Waals surface area contributed by atoms with Gasteiger partial charge in [-0.25, -0.2) is 0 Å². The van der Waals surface area contributed by atoms with Crippen molar-refractivity contribution in [2.75, 3.05) is 0 Å². The summed E-state index contributed by atoms with van der Waals surface area (Å²) in [5.74, 6) is 1.10. The van der Waals surface area contributed by atoms with E-state index in [9.17, 15) is 5.11 Å². The van der Waals surface area contributed by atoms with Gasteiger partial charge in [-0.1, -0.05) is 13.3 Å². The predicted molar refractivity (Wildman–Crippen MR) is 48.7 cm³/mol. The van der Waals surface area contributed by atoms with Gasteiger partial charge >= 0.3 is 0 Å². The summed E-state index contributed by atoms with van der Waals surface area (Å²) in [5, 5.41) is 10.1. The molecule has 2 nitrogen and oxygen atoms in total. The highest BCUT2D eigenvalue weighted by atomic mass is 16.3. The normalized spacial score (nSPS) is 53.8. The molecular formula is C10H19NO. The SMILES string of the molecule is CC1C[C@@]2(O)CCCC(C2)[C@H]1N. The molecule has 2 saturated carbocycles. The molecule has 12 heavy (non-hydrogen) atoms. The van der Waals surface area contributed by atoms with Crippen LogP contribution in [-0.2, 0) is 0 Å². The third kappa shape index (κ3) is 1.27. The molecule has 0 aromatic rings. The average molecular weight is 169 g/mol. The zero-order valence-corrected chi connectivity index (χ0v) is 7.79. The minimum absolute atomic E-state index is 0.338. The Morgan fingerprint density at radius 2 is 2.17 bits per heavy atom.